The Morgan fingerprint density at radius 1 is 1.50 bits per heavy atom. The minimum absolute atomic E-state index is 0.00215. The highest BCUT2D eigenvalue weighted by Crippen LogP contribution is 2.14. The van der Waals surface area contributed by atoms with Crippen LogP contribution in [0.2, 0.25) is 0 Å². The van der Waals surface area contributed by atoms with Crippen LogP contribution in [0.3, 0.4) is 0 Å². The average molecular weight is 274 g/mol. The van der Waals surface area contributed by atoms with Crippen molar-refractivity contribution in [3.05, 3.63) is 28.7 Å². The molecule has 1 aromatic carbocycles. The van der Waals surface area contributed by atoms with E-state index < -0.39 is 0 Å². The fraction of sp³-hybridized carbons (Fsp3) is 0.300. The molecule has 0 radical (unpaired) electrons. The minimum atomic E-state index is -0.0676. The summed E-state index contributed by atoms with van der Waals surface area (Å²) in [5, 5.41) is 2.81. The van der Waals surface area contributed by atoms with Crippen molar-refractivity contribution in [3.8, 4) is 0 Å². The fourth-order valence-electron chi connectivity index (χ4n) is 0.882. The van der Waals surface area contributed by atoms with Crippen LogP contribution in [0.25, 0.3) is 0 Å². The Labute approximate surface area is 97.6 Å². The number of benzene rings is 1. The van der Waals surface area contributed by atoms with Crippen molar-refractivity contribution in [1.82, 2.24) is 0 Å². The first kappa shape index (κ1) is 11.6. The summed E-state index contributed by atoms with van der Waals surface area (Å²) in [6.07, 6.45) is 0. The van der Waals surface area contributed by atoms with Crippen LogP contribution in [0.15, 0.2) is 28.7 Å². The molecule has 0 heterocycles. The van der Waals surface area contributed by atoms with Crippen molar-refractivity contribution in [1.29, 1.82) is 0 Å². The molecule has 1 aromatic rings. The molecular weight excluding hydrogens is 262 g/mol. The van der Waals surface area contributed by atoms with Gasteiger partial charge in [0.2, 0.25) is 5.91 Å². The molecule has 0 unspecified atom stereocenters. The standard InChI is InChI=1S/C10H12BrNOS/c1-7(6-14)10(13)12-9-4-2-8(11)3-5-9/h2-5,7,14H,6H2,1H3,(H,12,13)/t7-/m0/s1. The molecule has 1 rings (SSSR count). The van der Waals surface area contributed by atoms with Gasteiger partial charge in [-0.05, 0) is 24.3 Å². The lowest BCUT2D eigenvalue weighted by molar-refractivity contribution is -0.118. The Morgan fingerprint density at radius 2 is 2.07 bits per heavy atom. The van der Waals surface area contributed by atoms with E-state index in [9.17, 15) is 4.79 Å². The number of carbonyl (C=O) groups is 1. The summed E-state index contributed by atoms with van der Waals surface area (Å²) >= 11 is 7.40. The average Bonchev–Trinajstić information content (AvgIpc) is 2.20. The maximum atomic E-state index is 11.5. The third kappa shape index (κ3) is 3.35. The molecule has 1 N–H and O–H groups in total. The van der Waals surface area contributed by atoms with Gasteiger partial charge >= 0.3 is 0 Å². The normalized spacial score (nSPS) is 12.2. The summed E-state index contributed by atoms with van der Waals surface area (Å²) in [5.41, 5.74) is 0.812. The third-order valence-electron chi connectivity index (χ3n) is 1.83. The molecule has 0 spiro atoms. The molecule has 0 aliphatic rings. The monoisotopic (exact) mass is 273 g/mol. The van der Waals surface area contributed by atoms with E-state index in [1.54, 1.807) is 0 Å². The van der Waals surface area contributed by atoms with Gasteiger partial charge in [-0.1, -0.05) is 22.9 Å². The number of amides is 1. The van der Waals surface area contributed by atoms with Crippen molar-refractivity contribution in [2.24, 2.45) is 5.92 Å². The van der Waals surface area contributed by atoms with Gasteiger partial charge in [-0.3, -0.25) is 4.79 Å². The number of rotatable bonds is 3. The van der Waals surface area contributed by atoms with Crippen LogP contribution in [0.5, 0.6) is 0 Å². The molecule has 14 heavy (non-hydrogen) atoms. The predicted molar refractivity (Wildman–Crippen MR) is 65.8 cm³/mol. The van der Waals surface area contributed by atoms with Crippen molar-refractivity contribution in [3.63, 3.8) is 0 Å². The van der Waals surface area contributed by atoms with Gasteiger partial charge in [0, 0.05) is 21.8 Å². The van der Waals surface area contributed by atoms with Crippen LogP contribution in [-0.2, 0) is 4.79 Å². The van der Waals surface area contributed by atoms with E-state index in [1.165, 1.54) is 0 Å². The minimum Gasteiger partial charge on any atom is -0.326 e. The lowest BCUT2D eigenvalue weighted by Crippen LogP contribution is -2.21. The Kier molecular flexibility index (Phi) is 4.48. The van der Waals surface area contributed by atoms with E-state index in [4.69, 9.17) is 0 Å². The number of thiol groups is 1. The molecule has 2 nitrogen and oxygen atoms in total. The van der Waals surface area contributed by atoms with Crippen LogP contribution in [0, 0.1) is 5.92 Å². The van der Waals surface area contributed by atoms with E-state index in [1.807, 2.05) is 31.2 Å². The zero-order valence-electron chi connectivity index (χ0n) is 7.83. The zero-order chi connectivity index (χ0) is 10.6. The Hall–Kier alpha value is -0.480. The molecule has 0 aliphatic heterocycles. The summed E-state index contributed by atoms with van der Waals surface area (Å²) in [7, 11) is 0. The largest absolute Gasteiger partial charge is 0.326 e. The number of halogens is 1. The SMILES string of the molecule is C[C@@H](CS)C(=O)Nc1ccc(Br)cc1. The summed E-state index contributed by atoms with van der Waals surface area (Å²) in [6.45, 7) is 1.85. The molecule has 0 saturated heterocycles. The number of hydrogen-bond donors (Lipinski definition) is 2. The topological polar surface area (TPSA) is 29.1 Å². The highest BCUT2D eigenvalue weighted by Gasteiger charge is 2.10. The molecule has 0 bridgehead atoms. The Balaban J connectivity index is 2.60. The van der Waals surface area contributed by atoms with Crippen LogP contribution in [-0.4, -0.2) is 11.7 Å². The van der Waals surface area contributed by atoms with Gasteiger partial charge in [-0.2, -0.15) is 12.6 Å². The predicted octanol–water partition coefficient (Wildman–Crippen LogP) is 2.95. The van der Waals surface area contributed by atoms with E-state index in [2.05, 4.69) is 33.9 Å². The lowest BCUT2D eigenvalue weighted by atomic mass is 10.2. The van der Waals surface area contributed by atoms with E-state index >= 15 is 0 Å². The molecular formula is C10H12BrNOS. The first-order valence-corrected chi connectivity index (χ1v) is 5.73. The number of hydrogen-bond acceptors (Lipinski definition) is 2. The fourth-order valence-corrected chi connectivity index (χ4v) is 1.31. The molecule has 0 aromatic heterocycles. The molecule has 1 atom stereocenters. The van der Waals surface area contributed by atoms with Crippen LogP contribution < -0.4 is 5.32 Å². The van der Waals surface area contributed by atoms with Crippen LogP contribution >= 0.6 is 28.6 Å². The van der Waals surface area contributed by atoms with Gasteiger partial charge < -0.3 is 5.32 Å². The number of anilines is 1. The summed E-state index contributed by atoms with van der Waals surface area (Å²) < 4.78 is 0.998. The van der Waals surface area contributed by atoms with Crippen molar-refractivity contribution in [2.75, 3.05) is 11.1 Å². The van der Waals surface area contributed by atoms with Gasteiger partial charge in [0.05, 0.1) is 0 Å². The van der Waals surface area contributed by atoms with Crippen molar-refractivity contribution < 1.29 is 4.79 Å². The molecule has 1 amide bonds. The van der Waals surface area contributed by atoms with Crippen molar-refractivity contribution in [2.45, 2.75) is 6.92 Å². The second-order valence-corrected chi connectivity index (χ2v) is 4.36. The van der Waals surface area contributed by atoms with Crippen molar-refractivity contribution >= 4 is 40.2 Å². The molecule has 76 valence electrons. The Bertz CT molecular complexity index is 312. The van der Waals surface area contributed by atoms with E-state index in [0.29, 0.717) is 5.75 Å². The second-order valence-electron chi connectivity index (χ2n) is 3.08. The highest BCUT2D eigenvalue weighted by atomic mass is 79.9. The van der Waals surface area contributed by atoms with Gasteiger partial charge in [0.15, 0.2) is 0 Å². The number of carbonyl (C=O) groups excluding carboxylic acids is 1. The summed E-state index contributed by atoms with van der Waals surface area (Å²) in [4.78, 5) is 11.5. The quantitative estimate of drug-likeness (QED) is 0.815. The maximum absolute atomic E-state index is 11.5. The van der Waals surface area contributed by atoms with E-state index in [-0.39, 0.29) is 11.8 Å². The van der Waals surface area contributed by atoms with E-state index in [0.717, 1.165) is 10.2 Å². The zero-order valence-corrected chi connectivity index (χ0v) is 10.3. The highest BCUT2D eigenvalue weighted by molar-refractivity contribution is 9.10. The van der Waals surface area contributed by atoms with Gasteiger partial charge in [-0.25, -0.2) is 0 Å². The smallest absolute Gasteiger partial charge is 0.228 e. The Morgan fingerprint density at radius 3 is 2.57 bits per heavy atom. The molecule has 4 heteroatoms. The molecule has 0 aliphatic carbocycles. The first-order chi connectivity index (χ1) is 6.63. The number of nitrogens with one attached hydrogen (secondary N) is 1. The van der Waals surface area contributed by atoms with Gasteiger partial charge in [-0.15, -0.1) is 0 Å². The maximum Gasteiger partial charge on any atom is 0.228 e. The molecule has 0 saturated carbocycles. The second kappa shape index (κ2) is 5.41. The van der Waals surface area contributed by atoms with Crippen LogP contribution in [0.4, 0.5) is 5.69 Å². The lowest BCUT2D eigenvalue weighted by Gasteiger charge is -2.09. The van der Waals surface area contributed by atoms with Gasteiger partial charge in [0.1, 0.15) is 0 Å². The van der Waals surface area contributed by atoms with Gasteiger partial charge in [0.25, 0.3) is 0 Å². The first-order valence-electron chi connectivity index (χ1n) is 4.30. The third-order valence-corrected chi connectivity index (χ3v) is 2.91. The van der Waals surface area contributed by atoms with Crippen LogP contribution in [0.1, 0.15) is 6.92 Å². The molecule has 0 fully saturated rings. The summed E-state index contributed by atoms with van der Waals surface area (Å²) in [5.74, 6) is 0.492. The summed E-state index contributed by atoms with van der Waals surface area (Å²) in [6, 6.07) is 7.49.